The highest BCUT2D eigenvalue weighted by molar-refractivity contribution is 6.34. The number of nitro benzene ring substituents is 1. The van der Waals surface area contributed by atoms with Gasteiger partial charge in [0.15, 0.2) is 0 Å². The molecule has 31 heavy (non-hydrogen) atoms. The zero-order chi connectivity index (χ0) is 22.4. The average Bonchev–Trinajstić information content (AvgIpc) is 2.78. The summed E-state index contributed by atoms with van der Waals surface area (Å²) in [6.45, 7) is 2.10. The Morgan fingerprint density at radius 2 is 1.90 bits per heavy atom. The van der Waals surface area contributed by atoms with Crippen molar-refractivity contribution in [3.8, 4) is 0 Å². The lowest BCUT2D eigenvalue weighted by molar-refractivity contribution is -0.384. The quantitative estimate of drug-likeness (QED) is 0.301. The van der Waals surface area contributed by atoms with Crippen LogP contribution in [0.4, 0.5) is 11.4 Å². The third-order valence-corrected chi connectivity index (χ3v) is 4.72. The number of hydrogen-bond donors (Lipinski definition) is 0. The monoisotopic (exact) mass is 439 g/mol. The minimum atomic E-state index is -0.591. The first-order chi connectivity index (χ1) is 14.9. The summed E-state index contributed by atoms with van der Waals surface area (Å²) >= 11 is 6.19. The summed E-state index contributed by atoms with van der Waals surface area (Å²) in [5.74, 6) is -0.998. The Balaban J connectivity index is 2.01. The maximum atomic E-state index is 13.4. The van der Waals surface area contributed by atoms with Crippen LogP contribution in [0.5, 0.6) is 0 Å². The lowest BCUT2D eigenvalue weighted by Crippen LogP contribution is -2.30. The minimum Gasteiger partial charge on any atom is -0.462 e. The SMILES string of the molecule is CCOC(=O)c1ccc(N(Cc2cccnc2)C(=O)c2cc([N+](=O)[O-])ccc2Cl)cc1. The van der Waals surface area contributed by atoms with Gasteiger partial charge >= 0.3 is 5.97 Å². The maximum Gasteiger partial charge on any atom is 0.338 e. The second-order valence-electron chi connectivity index (χ2n) is 6.44. The molecular weight excluding hydrogens is 422 g/mol. The van der Waals surface area contributed by atoms with Crippen LogP contribution < -0.4 is 4.90 Å². The van der Waals surface area contributed by atoms with Crippen LogP contribution in [0, 0.1) is 10.1 Å². The third kappa shape index (κ3) is 5.23. The normalized spacial score (nSPS) is 10.4. The van der Waals surface area contributed by atoms with E-state index in [4.69, 9.17) is 16.3 Å². The van der Waals surface area contributed by atoms with E-state index in [1.807, 2.05) is 0 Å². The molecule has 0 fully saturated rings. The molecule has 1 heterocycles. The van der Waals surface area contributed by atoms with Gasteiger partial charge < -0.3 is 9.64 Å². The molecule has 9 heteroatoms. The molecule has 3 aromatic rings. The summed E-state index contributed by atoms with van der Waals surface area (Å²) < 4.78 is 4.98. The number of aromatic nitrogens is 1. The summed E-state index contributed by atoms with van der Waals surface area (Å²) in [5, 5.41) is 11.3. The van der Waals surface area contributed by atoms with E-state index in [-0.39, 0.29) is 29.4 Å². The summed E-state index contributed by atoms with van der Waals surface area (Å²) in [6, 6.07) is 13.5. The van der Waals surface area contributed by atoms with Gasteiger partial charge in [-0.05, 0) is 48.9 Å². The molecule has 0 radical (unpaired) electrons. The van der Waals surface area contributed by atoms with Crippen LogP contribution in [0.25, 0.3) is 0 Å². The van der Waals surface area contributed by atoms with Gasteiger partial charge in [0.05, 0.1) is 34.2 Å². The molecule has 0 unspecified atom stereocenters. The van der Waals surface area contributed by atoms with Crippen molar-refractivity contribution < 1.29 is 19.2 Å². The highest BCUT2D eigenvalue weighted by Crippen LogP contribution is 2.27. The van der Waals surface area contributed by atoms with Crippen LogP contribution in [0.3, 0.4) is 0 Å². The number of carbonyl (C=O) groups is 2. The topological polar surface area (TPSA) is 103 Å². The minimum absolute atomic E-state index is 0.00535. The highest BCUT2D eigenvalue weighted by Gasteiger charge is 2.23. The summed E-state index contributed by atoms with van der Waals surface area (Å²) in [6.07, 6.45) is 3.23. The fourth-order valence-electron chi connectivity index (χ4n) is 2.88. The number of ether oxygens (including phenoxy) is 1. The van der Waals surface area contributed by atoms with Crippen LogP contribution in [0.1, 0.15) is 33.2 Å². The maximum absolute atomic E-state index is 13.4. The Labute approximate surface area is 183 Å². The molecular formula is C22H18ClN3O5. The first kappa shape index (κ1) is 21.9. The third-order valence-electron chi connectivity index (χ3n) is 4.39. The van der Waals surface area contributed by atoms with E-state index in [0.717, 1.165) is 11.6 Å². The number of halogens is 1. The molecule has 8 nitrogen and oxygen atoms in total. The van der Waals surface area contributed by atoms with Crippen molar-refractivity contribution in [2.24, 2.45) is 0 Å². The summed E-state index contributed by atoms with van der Waals surface area (Å²) in [7, 11) is 0. The number of amides is 1. The molecule has 0 atom stereocenters. The molecule has 1 aromatic heterocycles. The van der Waals surface area contributed by atoms with Crippen molar-refractivity contribution in [3.05, 3.63) is 98.8 Å². The molecule has 0 bridgehead atoms. The van der Waals surface area contributed by atoms with Crippen molar-refractivity contribution in [3.63, 3.8) is 0 Å². The van der Waals surface area contributed by atoms with Gasteiger partial charge in [-0.1, -0.05) is 17.7 Å². The lowest BCUT2D eigenvalue weighted by Gasteiger charge is -2.23. The molecule has 0 spiro atoms. The number of nitrogens with zero attached hydrogens (tertiary/aromatic N) is 3. The number of rotatable bonds is 7. The van der Waals surface area contributed by atoms with Crippen LogP contribution in [-0.2, 0) is 11.3 Å². The molecule has 0 aliphatic rings. The predicted octanol–water partition coefficient (Wildman–Crippen LogP) is 4.67. The zero-order valence-electron chi connectivity index (χ0n) is 16.5. The fraction of sp³-hybridized carbons (Fsp3) is 0.136. The van der Waals surface area contributed by atoms with Gasteiger partial charge in [-0.2, -0.15) is 0 Å². The molecule has 0 N–H and O–H groups in total. The molecule has 0 saturated carbocycles. The van der Waals surface area contributed by atoms with Gasteiger partial charge in [0.1, 0.15) is 0 Å². The van der Waals surface area contributed by atoms with Gasteiger partial charge in [-0.25, -0.2) is 4.79 Å². The van der Waals surface area contributed by atoms with E-state index in [1.165, 1.54) is 17.0 Å². The molecule has 1 amide bonds. The van der Waals surface area contributed by atoms with Crippen molar-refractivity contribution in [1.29, 1.82) is 0 Å². The molecule has 0 aliphatic carbocycles. The Hall–Kier alpha value is -3.78. The van der Waals surface area contributed by atoms with E-state index in [9.17, 15) is 19.7 Å². The number of benzene rings is 2. The van der Waals surface area contributed by atoms with E-state index in [0.29, 0.717) is 11.3 Å². The van der Waals surface area contributed by atoms with E-state index in [1.54, 1.807) is 55.7 Å². The standard InChI is InChI=1S/C22H18ClN3O5/c1-2-31-22(28)16-5-7-17(8-6-16)25(14-15-4-3-11-24-13-15)21(27)19-12-18(26(29)30)9-10-20(19)23/h3-13H,2,14H2,1H3. The second kappa shape index (κ2) is 9.82. The van der Waals surface area contributed by atoms with Crippen molar-refractivity contribution in [1.82, 2.24) is 4.98 Å². The summed E-state index contributed by atoms with van der Waals surface area (Å²) in [4.78, 5) is 41.3. The number of hydrogen-bond acceptors (Lipinski definition) is 6. The van der Waals surface area contributed by atoms with E-state index in [2.05, 4.69) is 4.98 Å². The van der Waals surface area contributed by atoms with Crippen molar-refractivity contribution in [2.75, 3.05) is 11.5 Å². The van der Waals surface area contributed by atoms with Crippen molar-refractivity contribution in [2.45, 2.75) is 13.5 Å². The highest BCUT2D eigenvalue weighted by atomic mass is 35.5. The number of carbonyl (C=O) groups excluding carboxylic acids is 2. The van der Waals surface area contributed by atoms with Gasteiger partial charge in [-0.15, -0.1) is 0 Å². The number of anilines is 1. The Kier molecular flexibility index (Phi) is 6.94. The molecule has 2 aromatic carbocycles. The van der Waals surface area contributed by atoms with Gasteiger partial charge in [0, 0.05) is 30.2 Å². The van der Waals surface area contributed by atoms with Crippen LogP contribution in [0.15, 0.2) is 67.0 Å². The Bertz CT molecular complexity index is 1100. The molecule has 0 saturated heterocycles. The van der Waals surface area contributed by atoms with Crippen LogP contribution >= 0.6 is 11.6 Å². The Morgan fingerprint density at radius 1 is 1.16 bits per heavy atom. The first-order valence-corrected chi connectivity index (χ1v) is 9.70. The van der Waals surface area contributed by atoms with E-state index >= 15 is 0 Å². The number of nitro groups is 1. The van der Waals surface area contributed by atoms with Gasteiger partial charge in [-0.3, -0.25) is 19.9 Å². The number of pyridine rings is 1. The van der Waals surface area contributed by atoms with Crippen molar-refractivity contribution >= 4 is 34.9 Å². The van der Waals surface area contributed by atoms with Crippen LogP contribution in [0.2, 0.25) is 5.02 Å². The second-order valence-corrected chi connectivity index (χ2v) is 6.85. The van der Waals surface area contributed by atoms with Crippen LogP contribution in [-0.4, -0.2) is 28.4 Å². The van der Waals surface area contributed by atoms with Gasteiger partial charge in [0.25, 0.3) is 11.6 Å². The molecule has 0 aliphatic heterocycles. The molecule has 3 rings (SSSR count). The summed E-state index contributed by atoms with van der Waals surface area (Å²) in [5.41, 5.74) is 1.31. The number of non-ortho nitro benzene ring substituents is 1. The number of esters is 1. The smallest absolute Gasteiger partial charge is 0.338 e. The van der Waals surface area contributed by atoms with Gasteiger partial charge in [0.2, 0.25) is 0 Å². The predicted molar refractivity (Wildman–Crippen MR) is 115 cm³/mol. The van der Waals surface area contributed by atoms with E-state index < -0.39 is 16.8 Å². The Morgan fingerprint density at radius 3 is 2.52 bits per heavy atom. The lowest BCUT2D eigenvalue weighted by atomic mass is 10.1. The largest absolute Gasteiger partial charge is 0.462 e. The zero-order valence-corrected chi connectivity index (χ0v) is 17.3. The first-order valence-electron chi connectivity index (χ1n) is 9.32. The average molecular weight is 440 g/mol. The molecule has 158 valence electrons. The fourth-order valence-corrected chi connectivity index (χ4v) is 3.08.